The van der Waals surface area contributed by atoms with E-state index in [0.29, 0.717) is 30.3 Å². The molecular formula is C27H34BrN3O4. The number of phenols is 1. The number of hydrogen-bond donors (Lipinski definition) is 2. The molecule has 3 N–H and O–H groups in total. The third-order valence-corrected chi connectivity index (χ3v) is 6.47. The summed E-state index contributed by atoms with van der Waals surface area (Å²) in [5.74, 6) is 0.518. The molecule has 3 rings (SSSR count). The number of carbonyl (C=O) groups is 2. The van der Waals surface area contributed by atoms with E-state index in [4.69, 9.17) is 10.5 Å². The molecule has 0 atom stereocenters. The average Bonchev–Trinajstić information content (AvgIpc) is 3.07. The molecule has 0 spiro atoms. The Kier molecular flexibility index (Phi) is 7.37. The maximum atomic E-state index is 13.5. The Hall–Kier alpha value is -2.87. The number of ether oxygens (including phenoxy) is 1. The fraction of sp³-hybridized carbons (Fsp3) is 0.444. The average molecular weight is 544 g/mol. The van der Waals surface area contributed by atoms with E-state index in [1.165, 1.54) is 0 Å². The fourth-order valence-electron chi connectivity index (χ4n) is 4.31. The van der Waals surface area contributed by atoms with Crippen LogP contribution in [0.3, 0.4) is 0 Å². The number of rotatable bonds is 6. The lowest BCUT2D eigenvalue weighted by Gasteiger charge is -2.28. The van der Waals surface area contributed by atoms with E-state index in [9.17, 15) is 14.7 Å². The molecule has 2 aromatic carbocycles. The molecule has 188 valence electrons. The molecule has 0 aliphatic carbocycles. The van der Waals surface area contributed by atoms with Gasteiger partial charge in [-0.1, -0.05) is 41.5 Å². The number of amidine groups is 1. The zero-order valence-electron chi connectivity index (χ0n) is 21.5. The molecule has 0 saturated carbocycles. The van der Waals surface area contributed by atoms with Crippen LogP contribution in [-0.2, 0) is 17.4 Å². The van der Waals surface area contributed by atoms with Crippen LogP contribution < -0.4 is 10.5 Å². The third kappa shape index (κ3) is 5.37. The number of nitrogens with two attached hydrogens (primary N) is 1. The van der Waals surface area contributed by atoms with Crippen LogP contribution in [-0.4, -0.2) is 40.7 Å². The number of hydrogen-bond acceptors (Lipinski definition) is 5. The number of phenolic OH excluding ortho intramolecular Hbond substituents is 1. The summed E-state index contributed by atoms with van der Waals surface area (Å²) in [4.78, 5) is 27.4. The Balaban J connectivity index is 2.00. The molecule has 0 fully saturated rings. The number of carbonyl (C=O) groups excluding carboxylic acids is 2. The van der Waals surface area contributed by atoms with Crippen LogP contribution in [0.25, 0.3) is 0 Å². The number of benzene rings is 2. The van der Waals surface area contributed by atoms with Gasteiger partial charge in [-0.25, -0.2) is 0 Å². The summed E-state index contributed by atoms with van der Waals surface area (Å²) in [6.45, 7) is 14.8. The van der Waals surface area contributed by atoms with Crippen molar-refractivity contribution in [3.8, 4) is 11.5 Å². The lowest BCUT2D eigenvalue weighted by Crippen LogP contribution is -2.31. The smallest absolute Gasteiger partial charge is 0.252 e. The number of Topliss-reactive ketones (excluding diaryl/α,β-unsaturated/α-hetero) is 1. The predicted molar refractivity (Wildman–Crippen MR) is 142 cm³/mol. The summed E-state index contributed by atoms with van der Waals surface area (Å²) in [5, 5.41) is 11.0. The van der Waals surface area contributed by atoms with Gasteiger partial charge in [0.05, 0.1) is 34.9 Å². The van der Waals surface area contributed by atoms with Gasteiger partial charge in [-0.3, -0.25) is 9.59 Å². The zero-order chi connectivity index (χ0) is 26.3. The first-order chi connectivity index (χ1) is 16.2. The van der Waals surface area contributed by atoms with Gasteiger partial charge < -0.3 is 20.5 Å². The van der Waals surface area contributed by atoms with Crippen molar-refractivity contribution in [2.75, 3.05) is 13.2 Å². The Bertz CT molecular complexity index is 1170. The monoisotopic (exact) mass is 543 g/mol. The van der Waals surface area contributed by atoms with E-state index < -0.39 is 5.91 Å². The number of aromatic hydroxyl groups is 1. The Morgan fingerprint density at radius 1 is 1.09 bits per heavy atom. The van der Waals surface area contributed by atoms with E-state index in [0.717, 1.165) is 22.3 Å². The SMILES string of the molecule is CCOc1cc2c(cc1C(N)=O)/C(=N/Br)N(CC(=O)c1cc(C(C)(C)C)c(O)c(C(C)(C)C)c1)C2. The van der Waals surface area contributed by atoms with E-state index in [1.54, 1.807) is 24.3 Å². The van der Waals surface area contributed by atoms with Crippen molar-refractivity contribution < 1.29 is 19.4 Å². The van der Waals surface area contributed by atoms with Crippen LogP contribution in [0.15, 0.2) is 28.3 Å². The summed E-state index contributed by atoms with van der Waals surface area (Å²) >= 11 is 3.18. The summed E-state index contributed by atoms with van der Waals surface area (Å²) in [7, 11) is 0. The number of nitrogens with zero attached hydrogens (tertiary/aromatic N) is 2. The molecule has 0 aromatic heterocycles. The second-order valence-electron chi connectivity index (χ2n) is 10.9. The van der Waals surface area contributed by atoms with Crippen LogP contribution in [0, 0.1) is 0 Å². The van der Waals surface area contributed by atoms with Crippen LogP contribution in [0.4, 0.5) is 0 Å². The van der Waals surface area contributed by atoms with Gasteiger partial charge in [0, 0.05) is 28.8 Å². The van der Waals surface area contributed by atoms with E-state index >= 15 is 0 Å². The van der Waals surface area contributed by atoms with Gasteiger partial charge in [-0.05, 0) is 47.6 Å². The predicted octanol–water partition coefficient (Wildman–Crippen LogP) is 5.24. The molecule has 7 nitrogen and oxygen atoms in total. The molecule has 35 heavy (non-hydrogen) atoms. The van der Waals surface area contributed by atoms with E-state index in [1.807, 2.05) is 53.4 Å². The molecule has 1 aliphatic heterocycles. The first kappa shape index (κ1) is 26.7. The minimum atomic E-state index is -0.590. The highest BCUT2D eigenvalue weighted by Gasteiger charge is 2.32. The molecule has 1 heterocycles. The maximum absolute atomic E-state index is 13.5. The number of fused-ring (bicyclic) bond motifs is 1. The summed E-state index contributed by atoms with van der Waals surface area (Å²) in [6, 6.07) is 7.04. The van der Waals surface area contributed by atoms with E-state index in [-0.39, 0.29) is 34.5 Å². The second-order valence-corrected chi connectivity index (χ2v) is 11.3. The van der Waals surface area contributed by atoms with E-state index in [2.05, 4.69) is 20.2 Å². The fourth-order valence-corrected chi connectivity index (χ4v) is 4.73. The molecule has 0 unspecified atom stereocenters. The van der Waals surface area contributed by atoms with Crippen LogP contribution in [0.1, 0.15) is 91.4 Å². The summed E-state index contributed by atoms with van der Waals surface area (Å²) in [5.41, 5.74) is 8.79. The van der Waals surface area contributed by atoms with Crippen molar-refractivity contribution in [2.24, 2.45) is 9.75 Å². The highest BCUT2D eigenvalue weighted by atomic mass is 79.9. The maximum Gasteiger partial charge on any atom is 0.252 e. The minimum Gasteiger partial charge on any atom is -0.507 e. The van der Waals surface area contributed by atoms with Crippen LogP contribution >= 0.6 is 16.1 Å². The number of ketones is 1. The number of amides is 1. The molecule has 0 saturated heterocycles. The van der Waals surface area contributed by atoms with Gasteiger partial charge in [-0.15, -0.1) is 0 Å². The quantitative estimate of drug-likeness (QED) is 0.484. The molecular weight excluding hydrogens is 510 g/mol. The number of halogens is 1. The van der Waals surface area contributed by atoms with Crippen molar-refractivity contribution in [1.82, 2.24) is 4.90 Å². The van der Waals surface area contributed by atoms with Gasteiger partial charge in [0.1, 0.15) is 17.3 Å². The second kappa shape index (κ2) is 9.64. The van der Waals surface area contributed by atoms with Crippen molar-refractivity contribution >= 4 is 33.7 Å². The number of primary amides is 1. The third-order valence-electron chi connectivity index (χ3n) is 6.13. The first-order valence-electron chi connectivity index (χ1n) is 11.6. The lowest BCUT2D eigenvalue weighted by molar-refractivity contribution is 0.0961. The summed E-state index contributed by atoms with van der Waals surface area (Å²) in [6.07, 6.45) is 0. The van der Waals surface area contributed by atoms with Gasteiger partial charge in [0.15, 0.2) is 5.78 Å². The highest BCUT2D eigenvalue weighted by Crippen LogP contribution is 2.40. The van der Waals surface area contributed by atoms with Crippen molar-refractivity contribution in [3.05, 3.63) is 57.6 Å². The first-order valence-corrected chi connectivity index (χ1v) is 12.3. The largest absolute Gasteiger partial charge is 0.507 e. The van der Waals surface area contributed by atoms with Gasteiger partial charge in [0.25, 0.3) is 5.91 Å². The van der Waals surface area contributed by atoms with Crippen molar-refractivity contribution in [2.45, 2.75) is 65.8 Å². The standard InChI is InChI=1S/C27H34BrN3O4/c1-8-35-22-11-16-13-31(25(30-28)17(16)12-18(22)24(29)34)14-21(32)15-9-19(26(2,3)4)23(33)20(10-15)27(5,6)7/h9-12,33H,8,13-14H2,1-7H3,(H2,29,34)/b30-25-. The molecule has 1 aliphatic rings. The molecule has 0 bridgehead atoms. The van der Waals surface area contributed by atoms with Crippen LogP contribution in [0.5, 0.6) is 11.5 Å². The Morgan fingerprint density at radius 3 is 2.11 bits per heavy atom. The van der Waals surface area contributed by atoms with Gasteiger partial charge in [-0.2, -0.15) is 4.02 Å². The Labute approximate surface area is 215 Å². The van der Waals surface area contributed by atoms with Crippen molar-refractivity contribution in [1.29, 1.82) is 0 Å². The Morgan fingerprint density at radius 2 is 1.66 bits per heavy atom. The summed E-state index contributed by atoms with van der Waals surface area (Å²) < 4.78 is 9.85. The van der Waals surface area contributed by atoms with Gasteiger partial charge in [0.2, 0.25) is 0 Å². The molecule has 2 aromatic rings. The molecule has 1 amide bonds. The normalized spacial score (nSPS) is 14.9. The molecule has 8 heteroatoms. The zero-order valence-corrected chi connectivity index (χ0v) is 23.0. The highest BCUT2D eigenvalue weighted by molar-refractivity contribution is 9.08. The lowest BCUT2D eigenvalue weighted by atomic mass is 9.78. The van der Waals surface area contributed by atoms with Crippen molar-refractivity contribution in [3.63, 3.8) is 0 Å². The van der Waals surface area contributed by atoms with Crippen LogP contribution in [0.2, 0.25) is 0 Å². The minimum absolute atomic E-state index is 0.0763. The molecule has 0 radical (unpaired) electrons. The topological polar surface area (TPSA) is 105 Å². The van der Waals surface area contributed by atoms with Gasteiger partial charge >= 0.3 is 0 Å².